The fraction of sp³-hybridized carbons (Fsp3) is 0.350. The topological polar surface area (TPSA) is 88.4 Å². The van der Waals surface area contributed by atoms with Crippen LogP contribution in [0.15, 0.2) is 54.1 Å². The van der Waals surface area contributed by atoms with Crippen LogP contribution in [0.25, 0.3) is 10.9 Å². The number of rotatable bonds is 4. The third-order valence-corrected chi connectivity index (χ3v) is 7.24. The van der Waals surface area contributed by atoms with Crippen LogP contribution in [0.1, 0.15) is 18.5 Å². The maximum Gasteiger partial charge on any atom is 0.245 e. The quantitative estimate of drug-likeness (QED) is 0.651. The lowest BCUT2D eigenvalue weighted by Gasteiger charge is -2.35. The Morgan fingerprint density at radius 3 is 2.62 bits per heavy atom. The van der Waals surface area contributed by atoms with Crippen molar-refractivity contribution in [2.75, 3.05) is 26.2 Å². The molecule has 8 nitrogen and oxygen atoms in total. The van der Waals surface area contributed by atoms with E-state index < -0.39 is 10.0 Å². The Morgan fingerprint density at radius 1 is 1.17 bits per heavy atom. The second-order valence-corrected chi connectivity index (χ2v) is 9.16. The number of imidazole rings is 1. The summed E-state index contributed by atoms with van der Waals surface area (Å²) in [6, 6.07) is 6.76. The molecule has 3 aromatic rings. The maximum absolute atomic E-state index is 13.3. The molecule has 0 unspecified atom stereocenters. The molecular weight excluding hydrogens is 390 g/mol. The molecule has 29 heavy (non-hydrogen) atoms. The highest BCUT2D eigenvalue weighted by atomic mass is 32.2. The van der Waals surface area contributed by atoms with Crippen LogP contribution in [0.3, 0.4) is 0 Å². The summed E-state index contributed by atoms with van der Waals surface area (Å²) >= 11 is 0. The van der Waals surface area contributed by atoms with E-state index in [1.807, 2.05) is 26.0 Å². The first-order valence-electron chi connectivity index (χ1n) is 9.49. The molecule has 0 aliphatic carbocycles. The number of carbonyl (C=O) groups is 1. The van der Waals surface area contributed by atoms with E-state index in [2.05, 4.69) is 9.97 Å². The molecule has 1 aliphatic heterocycles. The molecule has 0 spiro atoms. The van der Waals surface area contributed by atoms with Gasteiger partial charge in [0.2, 0.25) is 15.9 Å². The zero-order chi connectivity index (χ0) is 20.6. The first-order valence-corrected chi connectivity index (χ1v) is 10.9. The van der Waals surface area contributed by atoms with E-state index in [1.165, 1.54) is 4.31 Å². The fourth-order valence-corrected chi connectivity index (χ4v) is 5.22. The van der Waals surface area contributed by atoms with Crippen molar-refractivity contribution in [3.05, 3.63) is 54.7 Å². The van der Waals surface area contributed by atoms with E-state index in [4.69, 9.17) is 0 Å². The zero-order valence-corrected chi connectivity index (χ0v) is 17.2. The van der Waals surface area contributed by atoms with Crippen molar-refractivity contribution < 1.29 is 13.2 Å². The van der Waals surface area contributed by atoms with E-state index in [1.54, 1.807) is 46.5 Å². The van der Waals surface area contributed by atoms with Gasteiger partial charge in [-0.15, -0.1) is 0 Å². The Morgan fingerprint density at radius 2 is 1.93 bits per heavy atom. The summed E-state index contributed by atoms with van der Waals surface area (Å²) in [6.07, 6.45) is 6.67. The molecule has 1 amide bonds. The minimum absolute atomic E-state index is 0.0395. The van der Waals surface area contributed by atoms with Crippen molar-refractivity contribution in [1.82, 2.24) is 23.7 Å². The summed E-state index contributed by atoms with van der Waals surface area (Å²) in [4.78, 5) is 23.0. The maximum atomic E-state index is 13.3. The summed E-state index contributed by atoms with van der Waals surface area (Å²) in [5.41, 5.74) is 1.46. The van der Waals surface area contributed by atoms with Gasteiger partial charge in [-0.05, 0) is 31.5 Å². The number of aromatic nitrogens is 3. The normalized spacial score (nSPS) is 16.8. The Bertz CT molecular complexity index is 1140. The van der Waals surface area contributed by atoms with Crippen molar-refractivity contribution in [2.45, 2.75) is 24.8 Å². The van der Waals surface area contributed by atoms with E-state index in [0.717, 1.165) is 10.9 Å². The molecule has 1 saturated heterocycles. The van der Waals surface area contributed by atoms with Gasteiger partial charge in [-0.25, -0.2) is 13.4 Å². The van der Waals surface area contributed by atoms with Gasteiger partial charge in [0.05, 0.1) is 11.8 Å². The molecule has 0 saturated carbocycles. The first kappa shape index (κ1) is 19.5. The number of carbonyl (C=O) groups excluding carboxylic acids is 1. The molecule has 2 aromatic heterocycles. The number of pyridine rings is 1. The Hall–Kier alpha value is -2.78. The number of nitrogens with zero attached hydrogens (tertiary/aromatic N) is 5. The lowest BCUT2D eigenvalue weighted by atomic mass is 10.2. The third-order valence-electron chi connectivity index (χ3n) is 5.31. The number of hydrogen-bond donors (Lipinski definition) is 0. The standard InChI is InChI=1S/C20H23N5O3S/c1-15-12-17-4-3-5-18(19(17)22-13-15)29(27,28)25-10-8-23(9-11-25)20(26)16(2)24-7-6-21-14-24/h3-7,12-14,16H,8-11H2,1-2H3/t16-/m0/s1. The number of aryl methyl sites for hydroxylation is 1. The van der Waals surface area contributed by atoms with Gasteiger partial charge in [-0.1, -0.05) is 12.1 Å². The molecule has 1 aliphatic rings. The summed E-state index contributed by atoms with van der Waals surface area (Å²) in [5, 5.41) is 0.800. The van der Waals surface area contributed by atoms with Crippen LogP contribution in [-0.4, -0.2) is 64.2 Å². The van der Waals surface area contributed by atoms with Crippen LogP contribution in [0.5, 0.6) is 0 Å². The monoisotopic (exact) mass is 413 g/mol. The van der Waals surface area contributed by atoms with Crippen molar-refractivity contribution >= 4 is 26.8 Å². The lowest BCUT2D eigenvalue weighted by molar-refractivity contribution is -0.135. The number of piperazine rings is 1. The predicted molar refractivity (Wildman–Crippen MR) is 109 cm³/mol. The number of hydrogen-bond acceptors (Lipinski definition) is 5. The first-order chi connectivity index (χ1) is 13.9. The van der Waals surface area contributed by atoms with Gasteiger partial charge in [0, 0.05) is 50.2 Å². The van der Waals surface area contributed by atoms with Gasteiger partial charge in [-0.3, -0.25) is 9.78 Å². The number of fused-ring (bicyclic) bond motifs is 1. The molecule has 1 fully saturated rings. The Balaban J connectivity index is 1.52. The molecule has 1 aromatic carbocycles. The van der Waals surface area contributed by atoms with Gasteiger partial charge in [-0.2, -0.15) is 4.31 Å². The molecule has 0 radical (unpaired) electrons. The molecule has 4 rings (SSSR count). The fourth-order valence-electron chi connectivity index (χ4n) is 3.63. The van der Waals surface area contributed by atoms with Gasteiger partial charge in [0.15, 0.2) is 0 Å². The number of sulfonamides is 1. The van der Waals surface area contributed by atoms with Gasteiger partial charge < -0.3 is 9.47 Å². The zero-order valence-electron chi connectivity index (χ0n) is 16.4. The number of benzene rings is 1. The minimum atomic E-state index is -3.70. The Kier molecular flexibility index (Phi) is 5.10. The summed E-state index contributed by atoms with van der Waals surface area (Å²) in [7, 11) is -3.70. The van der Waals surface area contributed by atoms with Crippen LogP contribution < -0.4 is 0 Å². The van der Waals surface area contributed by atoms with E-state index in [9.17, 15) is 13.2 Å². The summed E-state index contributed by atoms with van der Waals surface area (Å²) in [5.74, 6) is -0.0395. The van der Waals surface area contributed by atoms with Crippen molar-refractivity contribution in [2.24, 2.45) is 0 Å². The molecule has 1 atom stereocenters. The minimum Gasteiger partial charge on any atom is -0.338 e. The molecule has 9 heteroatoms. The Labute approximate surface area is 169 Å². The van der Waals surface area contributed by atoms with Crippen LogP contribution in [0.4, 0.5) is 0 Å². The largest absolute Gasteiger partial charge is 0.338 e. The number of amides is 1. The van der Waals surface area contributed by atoms with Gasteiger partial charge >= 0.3 is 0 Å². The van der Waals surface area contributed by atoms with Crippen molar-refractivity contribution in [1.29, 1.82) is 0 Å². The second-order valence-electron chi connectivity index (χ2n) is 7.26. The van der Waals surface area contributed by atoms with E-state index in [0.29, 0.717) is 18.6 Å². The highest BCUT2D eigenvalue weighted by molar-refractivity contribution is 7.89. The van der Waals surface area contributed by atoms with Gasteiger partial charge in [0.1, 0.15) is 10.9 Å². The average Bonchev–Trinajstić information content (AvgIpc) is 3.27. The van der Waals surface area contributed by atoms with Crippen LogP contribution in [0.2, 0.25) is 0 Å². The van der Waals surface area contributed by atoms with Crippen molar-refractivity contribution in [3.8, 4) is 0 Å². The average molecular weight is 414 g/mol. The SMILES string of the molecule is Cc1cnc2c(S(=O)(=O)N3CCN(C(=O)[C@H](C)n4ccnc4)CC3)cccc2c1. The van der Waals surface area contributed by atoms with E-state index >= 15 is 0 Å². The summed E-state index contributed by atoms with van der Waals surface area (Å²) < 4.78 is 29.7. The highest BCUT2D eigenvalue weighted by Crippen LogP contribution is 2.26. The molecule has 0 bridgehead atoms. The van der Waals surface area contributed by atoms with Gasteiger partial charge in [0.25, 0.3) is 0 Å². The van der Waals surface area contributed by atoms with Crippen LogP contribution in [0, 0.1) is 6.92 Å². The molecule has 3 heterocycles. The van der Waals surface area contributed by atoms with Crippen molar-refractivity contribution in [3.63, 3.8) is 0 Å². The molecule has 0 N–H and O–H groups in total. The lowest BCUT2D eigenvalue weighted by Crippen LogP contribution is -2.51. The second kappa shape index (κ2) is 7.57. The highest BCUT2D eigenvalue weighted by Gasteiger charge is 2.32. The van der Waals surface area contributed by atoms with Crippen LogP contribution >= 0.6 is 0 Å². The third kappa shape index (κ3) is 3.63. The van der Waals surface area contributed by atoms with Crippen LogP contribution in [-0.2, 0) is 14.8 Å². The smallest absolute Gasteiger partial charge is 0.245 e. The van der Waals surface area contributed by atoms with E-state index in [-0.39, 0.29) is 29.9 Å². The number of para-hydroxylation sites is 1. The molecular formula is C20H23N5O3S. The summed E-state index contributed by atoms with van der Waals surface area (Å²) in [6.45, 7) is 4.97. The predicted octanol–water partition coefficient (Wildman–Crippen LogP) is 1.83. The molecule has 152 valence electrons.